The summed E-state index contributed by atoms with van der Waals surface area (Å²) in [6.07, 6.45) is 0. The number of methoxy groups -OCH3 is 1. The quantitative estimate of drug-likeness (QED) is 0.620. The maximum absolute atomic E-state index is 5.30. The molecule has 0 saturated carbocycles. The second-order valence-electron chi connectivity index (χ2n) is 3.79. The van der Waals surface area contributed by atoms with Crippen LogP contribution in [-0.2, 0) is 6.54 Å². The third-order valence-corrected chi connectivity index (χ3v) is 2.56. The zero-order valence-electron chi connectivity index (χ0n) is 9.68. The third-order valence-electron chi connectivity index (χ3n) is 2.56. The molecule has 2 aromatic rings. The van der Waals surface area contributed by atoms with Crippen molar-refractivity contribution in [3.8, 4) is 5.75 Å². The van der Waals surface area contributed by atoms with Crippen LogP contribution in [0.1, 0.15) is 5.56 Å². The van der Waals surface area contributed by atoms with Crippen molar-refractivity contribution in [2.45, 2.75) is 6.54 Å². The number of aliphatic imine (C=N–C) groups is 1. The molecular formula is C13H15N3O. The van der Waals surface area contributed by atoms with E-state index in [4.69, 9.17) is 16.2 Å². The van der Waals surface area contributed by atoms with Gasteiger partial charge in [-0.05, 0) is 34.5 Å². The van der Waals surface area contributed by atoms with Gasteiger partial charge < -0.3 is 16.2 Å². The van der Waals surface area contributed by atoms with Crippen LogP contribution in [-0.4, -0.2) is 13.1 Å². The average Bonchev–Trinajstić information content (AvgIpc) is 2.35. The molecule has 4 N–H and O–H groups in total. The molecule has 0 heterocycles. The molecule has 2 rings (SSSR count). The minimum atomic E-state index is 0.111. The van der Waals surface area contributed by atoms with Gasteiger partial charge in [0.1, 0.15) is 5.75 Å². The van der Waals surface area contributed by atoms with Gasteiger partial charge in [-0.15, -0.1) is 0 Å². The van der Waals surface area contributed by atoms with Gasteiger partial charge in [0.2, 0.25) is 0 Å². The number of guanidine groups is 1. The molecule has 0 radical (unpaired) electrons. The van der Waals surface area contributed by atoms with Crippen LogP contribution in [0.3, 0.4) is 0 Å². The van der Waals surface area contributed by atoms with Gasteiger partial charge in [0.25, 0.3) is 0 Å². The molecule has 17 heavy (non-hydrogen) atoms. The third kappa shape index (κ3) is 2.66. The monoisotopic (exact) mass is 229 g/mol. The topological polar surface area (TPSA) is 73.6 Å². The van der Waals surface area contributed by atoms with Gasteiger partial charge in [-0.1, -0.05) is 18.2 Å². The number of fused-ring (bicyclic) bond motifs is 1. The van der Waals surface area contributed by atoms with Crippen molar-refractivity contribution >= 4 is 16.7 Å². The van der Waals surface area contributed by atoms with Gasteiger partial charge in [0.05, 0.1) is 13.7 Å². The van der Waals surface area contributed by atoms with Gasteiger partial charge in [-0.25, -0.2) is 4.99 Å². The molecule has 0 bridgehead atoms. The molecule has 0 aliphatic carbocycles. The van der Waals surface area contributed by atoms with Crippen LogP contribution in [0.15, 0.2) is 41.4 Å². The summed E-state index contributed by atoms with van der Waals surface area (Å²) in [6.45, 7) is 0.504. The standard InChI is InChI=1S/C13H15N3O/c1-17-12-5-4-10-6-9(8-16-13(14)15)2-3-11(10)7-12/h2-7H,8H2,1H3,(H4,14,15,16). The van der Waals surface area contributed by atoms with Crippen LogP contribution in [0.25, 0.3) is 10.8 Å². The number of rotatable bonds is 3. The molecule has 4 heteroatoms. The fraction of sp³-hybridized carbons (Fsp3) is 0.154. The summed E-state index contributed by atoms with van der Waals surface area (Å²) in [6, 6.07) is 12.1. The minimum absolute atomic E-state index is 0.111. The first-order valence-electron chi connectivity index (χ1n) is 5.31. The van der Waals surface area contributed by atoms with Crippen LogP contribution in [0.4, 0.5) is 0 Å². The molecular weight excluding hydrogens is 214 g/mol. The van der Waals surface area contributed by atoms with Crippen LogP contribution in [0, 0.1) is 0 Å². The van der Waals surface area contributed by atoms with Crippen molar-refractivity contribution in [2.24, 2.45) is 16.5 Å². The fourth-order valence-corrected chi connectivity index (χ4v) is 1.68. The summed E-state index contributed by atoms with van der Waals surface area (Å²) in [5.74, 6) is 0.967. The molecule has 0 atom stereocenters. The first kappa shape index (κ1) is 11.3. The molecule has 0 aliphatic heterocycles. The lowest BCUT2D eigenvalue weighted by Gasteiger charge is -2.04. The molecule has 88 valence electrons. The Labute approximate surface area is 99.9 Å². The SMILES string of the molecule is COc1ccc2cc(CN=C(N)N)ccc2c1. The summed E-state index contributed by atoms with van der Waals surface area (Å²) in [4.78, 5) is 3.98. The van der Waals surface area contributed by atoms with Gasteiger partial charge in [-0.2, -0.15) is 0 Å². The predicted molar refractivity (Wildman–Crippen MR) is 70.0 cm³/mol. The average molecular weight is 229 g/mol. The van der Waals surface area contributed by atoms with Crippen LogP contribution < -0.4 is 16.2 Å². The Morgan fingerprint density at radius 2 is 1.82 bits per heavy atom. The summed E-state index contributed by atoms with van der Waals surface area (Å²) in [5, 5.41) is 2.28. The second kappa shape index (κ2) is 4.74. The Morgan fingerprint density at radius 3 is 2.53 bits per heavy atom. The van der Waals surface area contributed by atoms with E-state index in [1.807, 2.05) is 30.3 Å². The van der Waals surface area contributed by atoms with Crippen molar-refractivity contribution < 1.29 is 4.74 Å². The van der Waals surface area contributed by atoms with Crippen molar-refractivity contribution in [3.05, 3.63) is 42.0 Å². The largest absolute Gasteiger partial charge is 0.497 e. The number of nitrogens with zero attached hydrogens (tertiary/aromatic N) is 1. The lowest BCUT2D eigenvalue weighted by Crippen LogP contribution is -2.22. The Kier molecular flexibility index (Phi) is 3.14. The van der Waals surface area contributed by atoms with Crippen LogP contribution >= 0.6 is 0 Å². The van der Waals surface area contributed by atoms with Crippen LogP contribution in [0.5, 0.6) is 5.75 Å². The van der Waals surface area contributed by atoms with Crippen molar-refractivity contribution in [3.63, 3.8) is 0 Å². The van der Waals surface area contributed by atoms with Gasteiger partial charge in [-0.3, -0.25) is 0 Å². The van der Waals surface area contributed by atoms with Crippen LogP contribution in [0.2, 0.25) is 0 Å². The van der Waals surface area contributed by atoms with E-state index in [0.717, 1.165) is 22.1 Å². The zero-order chi connectivity index (χ0) is 12.3. The molecule has 0 aromatic heterocycles. The van der Waals surface area contributed by atoms with E-state index in [0.29, 0.717) is 6.54 Å². The molecule has 4 nitrogen and oxygen atoms in total. The van der Waals surface area contributed by atoms with Gasteiger partial charge in [0.15, 0.2) is 5.96 Å². The highest BCUT2D eigenvalue weighted by Gasteiger charge is 1.98. The number of ether oxygens (including phenoxy) is 1. The maximum Gasteiger partial charge on any atom is 0.186 e. The van der Waals surface area contributed by atoms with E-state index < -0.39 is 0 Å². The summed E-state index contributed by atoms with van der Waals surface area (Å²) < 4.78 is 5.18. The van der Waals surface area contributed by atoms with Crippen molar-refractivity contribution in [1.82, 2.24) is 0 Å². The predicted octanol–water partition coefficient (Wildman–Crippen LogP) is 1.62. The smallest absolute Gasteiger partial charge is 0.186 e. The van der Waals surface area contributed by atoms with Gasteiger partial charge >= 0.3 is 0 Å². The lowest BCUT2D eigenvalue weighted by molar-refractivity contribution is 0.415. The van der Waals surface area contributed by atoms with Gasteiger partial charge in [0, 0.05) is 0 Å². The molecule has 2 aromatic carbocycles. The Balaban J connectivity index is 2.34. The van der Waals surface area contributed by atoms with E-state index in [2.05, 4.69) is 11.1 Å². The number of hydrogen-bond acceptors (Lipinski definition) is 2. The Bertz CT molecular complexity index is 560. The van der Waals surface area contributed by atoms with E-state index in [9.17, 15) is 0 Å². The highest BCUT2D eigenvalue weighted by atomic mass is 16.5. The summed E-state index contributed by atoms with van der Waals surface area (Å²) >= 11 is 0. The maximum atomic E-state index is 5.30. The van der Waals surface area contributed by atoms with Crippen molar-refractivity contribution in [2.75, 3.05) is 7.11 Å². The zero-order valence-corrected chi connectivity index (χ0v) is 9.68. The fourth-order valence-electron chi connectivity index (χ4n) is 1.68. The number of hydrogen-bond donors (Lipinski definition) is 2. The van der Waals surface area contributed by atoms with E-state index >= 15 is 0 Å². The Hall–Kier alpha value is -2.23. The van der Waals surface area contributed by atoms with E-state index in [1.165, 1.54) is 0 Å². The summed E-state index contributed by atoms with van der Waals surface area (Å²) in [7, 11) is 1.66. The molecule has 0 fully saturated rings. The molecule has 0 spiro atoms. The highest BCUT2D eigenvalue weighted by Crippen LogP contribution is 2.22. The summed E-state index contributed by atoms with van der Waals surface area (Å²) in [5.41, 5.74) is 11.7. The molecule has 0 saturated heterocycles. The highest BCUT2D eigenvalue weighted by molar-refractivity contribution is 5.84. The number of benzene rings is 2. The first-order valence-corrected chi connectivity index (χ1v) is 5.31. The normalized spacial score (nSPS) is 10.2. The van der Waals surface area contributed by atoms with E-state index in [-0.39, 0.29) is 5.96 Å². The molecule has 0 amide bonds. The number of nitrogens with two attached hydrogens (primary N) is 2. The lowest BCUT2D eigenvalue weighted by atomic mass is 10.1. The molecule has 0 unspecified atom stereocenters. The first-order chi connectivity index (χ1) is 8.19. The Morgan fingerprint density at radius 1 is 1.12 bits per heavy atom. The second-order valence-corrected chi connectivity index (χ2v) is 3.79. The molecule has 0 aliphatic rings. The van der Waals surface area contributed by atoms with Crippen molar-refractivity contribution in [1.29, 1.82) is 0 Å². The minimum Gasteiger partial charge on any atom is -0.497 e. The van der Waals surface area contributed by atoms with E-state index in [1.54, 1.807) is 7.11 Å².